The molecule has 4 aliphatic rings. The Balaban J connectivity index is 1.21. The molecule has 41 heavy (non-hydrogen) atoms. The Bertz CT molecular complexity index is 1010. The van der Waals surface area contributed by atoms with E-state index >= 15 is 0 Å². The average molecular weight is 575 g/mol. The van der Waals surface area contributed by atoms with Crippen molar-refractivity contribution in [1.82, 2.24) is 10.2 Å². The zero-order chi connectivity index (χ0) is 29.8. The van der Waals surface area contributed by atoms with Gasteiger partial charge in [0.25, 0.3) is 0 Å². The topological polar surface area (TPSA) is 110 Å². The number of carbonyl (C=O) groups excluding carboxylic acids is 2. The summed E-state index contributed by atoms with van der Waals surface area (Å²) in [7, 11) is 0. The van der Waals surface area contributed by atoms with Gasteiger partial charge in [0.05, 0.1) is 30.5 Å². The van der Waals surface area contributed by atoms with Crippen molar-refractivity contribution in [2.45, 2.75) is 128 Å². The van der Waals surface area contributed by atoms with Gasteiger partial charge in [0.1, 0.15) is 23.9 Å². The van der Waals surface area contributed by atoms with Crippen molar-refractivity contribution < 1.29 is 33.6 Å². The van der Waals surface area contributed by atoms with Crippen molar-refractivity contribution in [3.63, 3.8) is 0 Å². The number of amides is 2. The first kappa shape index (κ1) is 31.7. The normalized spacial score (nSPS) is 36.5. The molecule has 9 nitrogen and oxygen atoms in total. The molecule has 4 rings (SSSR count). The Morgan fingerprint density at radius 1 is 1.17 bits per heavy atom. The van der Waals surface area contributed by atoms with Gasteiger partial charge < -0.3 is 34.3 Å². The molecule has 0 saturated carbocycles. The number of aliphatic hydroxyl groups excluding tert-OH is 1. The van der Waals surface area contributed by atoms with Crippen molar-refractivity contribution in [2.75, 3.05) is 19.7 Å². The number of nitrogens with one attached hydrogen (secondary N) is 1. The third kappa shape index (κ3) is 8.66. The molecule has 4 heterocycles. The lowest BCUT2D eigenvalue weighted by atomic mass is 9.83. The van der Waals surface area contributed by atoms with Crippen LogP contribution in [0.2, 0.25) is 0 Å². The predicted molar refractivity (Wildman–Crippen MR) is 156 cm³/mol. The lowest BCUT2D eigenvalue weighted by molar-refractivity contribution is -0.171. The van der Waals surface area contributed by atoms with Crippen LogP contribution in [0.15, 0.2) is 36.0 Å². The first-order valence-corrected chi connectivity index (χ1v) is 15.3. The van der Waals surface area contributed by atoms with Gasteiger partial charge in [0.15, 0.2) is 0 Å². The molecular formula is C32H50N2O7. The zero-order valence-corrected chi connectivity index (χ0v) is 25.6. The van der Waals surface area contributed by atoms with E-state index < -0.39 is 23.9 Å². The summed E-state index contributed by atoms with van der Waals surface area (Å²) < 4.78 is 23.5. The van der Waals surface area contributed by atoms with Gasteiger partial charge in [-0.1, -0.05) is 30.7 Å². The van der Waals surface area contributed by atoms with Gasteiger partial charge in [-0.25, -0.2) is 4.79 Å². The number of rotatable bonds is 8. The lowest BCUT2D eigenvalue weighted by Crippen LogP contribution is -2.53. The number of ether oxygens (including phenoxy) is 4. The number of epoxide rings is 1. The van der Waals surface area contributed by atoms with Crippen LogP contribution < -0.4 is 5.32 Å². The molecule has 0 aromatic carbocycles. The van der Waals surface area contributed by atoms with Gasteiger partial charge in [-0.2, -0.15) is 0 Å². The highest BCUT2D eigenvalue weighted by Crippen LogP contribution is 2.46. The van der Waals surface area contributed by atoms with E-state index in [-0.39, 0.29) is 41.8 Å². The highest BCUT2D eigenvalue weighted by Gasteiger charge is 2.60. The summed E-state index contributed by atoms with van der Waals surface area (Å²) in [4.78, 5) is 26.6. The fourth-order valence-electron chi connectivity index (χ4n) is 6.24. The van der Waals surface area contributed by atoms with Crippen molar-refractivity contribution in [3.05, 3.63) is 36.0 Å². The first-order chi connectivity index (χ1) is 19.4. The molecular weight excluding hydrogens is 524 g/mol. The van der Waals surface area contributed by atoms with Crippen molar-refractivity contribution in [2.24, 2.45) is 5.92 Å². The Morgan fingerprint density at radius 2 is 1.88 bits per heavy atom. The number of hydrogen-bond acceptors (Lipinski definition) is 7. The van der Waals surface area contributed by atoms with Crippen LogP contribution in [0.4, 0.5) is 4.79 Å². The van der Waals surface area contributed by atoms with Crippen LogP contribution in [0.3, 0.4) is 0 Å². The molecule has 230 valence electrons. The molecule has 0 radical (unpaired) electrons. The summed E-state index contributed by atoms with van der Waals surface area (Å²) in [6.07, 6.45) is 12.6. The molecule has 0 unspecified atom stereocenters. The Labute approximate surface area is 245 Å². The van der Waals surface area contributed by atoms with Crippen molar-refractivity contribution >= 4 is 12.0 Å². The van der Waals surface area contributed by atoms with E-state index in [1.165, 1.54) is 6.08 Å². The van der Waals surface area contributed by atoms with E-state index in [0.29, 0.717) is 13.0 Å². The van der Waals surface area contributed by atoms with Crippen LogP contribution in [0.1, 0.15) is 80.1 Å². The summed E-state index contributed by atoms with van der Waals surface area (Å²) in [6, 6.07) is -0.0974. The van der Waals surface area contributed by atoms with Crippen LogP contribution in [0.5, 0.6) is 0 Å². The number of allylic oxidation sites excluding steroid dienone is 2. The summed E-state index contributed by atoms with van der Waals surface area (Å²) >= 11 is 0. The van der Waals surface area contributed by atoms with E-state index in [1.807, 2.05) is 39.8 Å². The maximum atomic E-state index is 12.6. The zero-order valence-electron chi connectivity index (χ0n) is 25.6. The summed E-state index contributed by atoms with van der Waals surface area (Å²) in [5.41, 5.74) is 0.271. The highest BCUT2D eigenvalue weighted by molar-refractivity contribution is 5.87. The van der Waals surface area contributed by atoms with Crippen LogP contribution >= 0.6 is 0 Å². The largest absolute Gasteiger partial charge is 0.442 e. The smallest absolute Gasteiger partial charge is 0.410 e. The van der Waals surface area contributed by atoms with Crippen LogP contribution in [0.25, 0.3) is 0 Å². The summed E-state index contributed by atoms with van der Waals surface area (Å²) in [5.74, 6) is 0.0422. The molecule has 4 saturated heterocycles. The van der Waals surface area contributed by atoms with Gasteiger partial charge in [0.2, 0.25) is 5.91 Å². The van der Waals surface area contributed by atoms with E-state index in [4.69, 9.17) is 18.9 Å². The van der Waals surface area contributed by atoms with Gasteiger partial charge in [0, 0.05) is 25.6 Å². The van der Waals surface area contributed by atoms with Gasteiger partial charge in [-0.3, -0.25) is 4.79 Å². The average Bonchev–Trinajstić information content (AvgIpc) is 3.69. The second-order valence-corrected chi connectivity index (χ2v) is 13.1. The van der Waals surface area contributed by atoms with E-state index in [1.54, 1.807) is 17.9 Å². The minimum Gasteiger partial charge on any atom is -0.442 e. The van der Waals surface area contributed by atoms with Crippen LogP contribution in [0, 0.1) is 5.92 Å². The molecule has 0 aliphatic carbocycles. The third-order valence-electron chi connectivity index (χ3n) is 8.73. The molecule has 9 heteroatoms. The minimum absolute atomic E-state index is 0.0462. The molecule has 0 aromatic heterocycles. The maximum Gasteiger partial charge on any atom is 0.410 e. The Hall–Kier alpha value is -2.20. The fourth-order valence-corrected chi connectivity index (χ4v) is 6.24. The third-order valence-corrected chi connectivity index (χ3v) is 8.73. The lowest BCUT2D eigenvalue weighted by Gasteiger charge is -2.41. The molecule has 4 aliphatic heterocycles. The summed E-state index contributed by atoms with van der Waals surface area (Å²) in [5, 5.41) is 13.8. The Morgan fingerprint density at radius 3 is 2.56 bits per heavy atom. The number of carbonyl (C=O) groups is 2. The predicted octanol–water partition coefficient (Wildman–Crippen LogP) is 4.44. The number of aliphatic hydroxyl groups is 1. The first-order valence-electron chi connectivity index (χ1n) is 15.3. The molecule has 2 amide bonds. The van der Waals surface area contributed by atoms with E-state index in [9.17, 15) is 14.7 Å². The second-order valence-electron chi connectivity index (χ2n) is 13.1. The van der Waals surface area contributed by atoms with Crippen molar-refractivity contribution in [1.29, 1.82) is 0 Å². The van der Waals surface area contributed by atoms with Gasteiger partial charge >= 0.3 is 6.09 Å². The number of nitrogens with zero attached hydrogens (tertiary/aromatic N) is 1. The fraction of sp³-hybridized carbons (Fsp3) is 0.750. The van der Waals surface area contributed by atoms with Gasteiger partial charge in [-0.15, -0.1) is 0 Å². The van der Waals surface area contributed by atoms with Crippen molar-refractivity contribution in [3.8, 4) is 0 Å². The summed E-state index contributed by atoms with van der Waals surface area (Å²) in [6.45, 7) is 14.1. The number of likely N-dealkylation sites (tertiary alicyclic amines) is 1. The SMILES string of the molecule is CC(/C=C/[C@H]1OC(C)(C)C[C@@]2(CO2)[C@@H]1O)=C\C[C@@H]1O[C@H](C)[C@H](NC(=O)/C=C\[C@H](C)OC(=O)N2CCCCC2)C[C@@H]1C. The molecule has 2 N–H and O–H groups in total. The monoisotopic (exact) mass is 574 g/mol. The number of hydrogen-bond donors (Lipinski definition) is 2. The quantitative estimate of drug-likeness (QED) is 0.251. The van der Waals surface area contributed by atoms with Crippen LogP contribution in [-0.4, -0.2) is 89.5 Å². The van der Waals surface area contributed by atoms with E-state index in [2.05, 4.69) is 18.3 Å². The standard InChI is InChI=1S/C32H50N2O7/c1-21(11-14-27-29(36)32(20-38-32)19-31(5,6)41-27)10-13-26-22(2)18-25(24(4)40-26)33-28(35)15-12-23(3)39-30(37)34-16-8-7-9-17-34/h10-12,14-15,22-27,29,36H,7-9,13,16-20H2,1-6H3,(H,33,35)/b14-11+,15-12-,21-10+/t22-,23-,24+,25+,26-,27+,29+,32+/m0/s1. The minimum atomic E-state index is -0.665. The van der Waals surface area contributed by atoms with Crippen LogP contribution in [-0.2, 0) is 23.7 Å². The molecule has 4 fully saturated rings. The maximum absolute atomic E-state index is 12.6. The van der Waals surface area contributed by atoms with Gasteiger partial charge in [-0.05, 0) is 78.7 Å². The molecule has 0 bridgehead atoms. The second kappa shape index (κ2) is 13.4. The van der Waals surface area contributed by atoms with E-state index in [0.717, 1.165) is 50.8 Å². The molecule has 0 aromatic rings. The Kier molecular flexibility index (Phi) is 10.4. The molecule has 1 spiro atoms. The number of piperidine rings is 1. The molecule has 8 atom stereocenters. The highest BCUT2D eigenvalue weighted by atomic mass is 16.6.